The molecule has 0 spiro atoms. The molecule has 16 heteroatoms. The number of aliphatic hydroxyl groups excluding tert-OH is 6. The fourth-order valence-electron chi connectivity index (χ4n) is 7.27. The first-order chi connectivity index (χ1) is 27.3. The summed E-state index contributed by atoms with van der Waals surface area (Å²) in [7, 11) is 0. The number of amides is 1. The highest BCUT2D eigenvalue weighted by atomic mass is 19.1. The van der Waals surface area contributed by atoms with E-state index in [1.807, 2.05) is 0 Å². The van der Waals surface area contributed by atoms with Crippen LogP contribution in [-0.2, 0) is 23.8 Å². The fourth-order valence-corrected chi connectivity index (χ4v) is 7.27. The van der Waals surface area contributed by atoms with Gasteiger partial charge in [-0.3, -0.25) is 4.79 Å². The van der Waals surface area contributed by atoms with Crippen molar-refractivity contribution in [3.63, 3.8) is 0 Å². The van der Waals surface area contributed by atoms with Gasteiger partial charge < -0.3 is 64.7 Å². The highest BCUT2D eigenvalue weighted by molar-refractivity contribution is 6.03. The Kier molecular flexibility index (Phi) is 11.5. The molecule has 15 nitrogen and oxygen atoms in total. The summed E-state index contributed by atoms with van der Waals surface area (Å²) in [6.07, 6.45) is -13.3. The number of rotatable bonds is 12. The number of carbonyl (C=O) groups is 2. The zero-order chi connectivity index (χ0) is 40.5. The molecule has 7 rings (SSSR count). The third-order valence-electron chi connectivity index (χ3n) is 10.3. The largest absolute Gasteiger partial charge is 0.508 e. The lowest BCUT2D eigenvalue weighted by molar-refractivity contribution is -0.271. The number of para-hydroxylation sites is 1. The number of aliphatic hydroxyl groups is 6. The molecular formula is C41H40FNO14. The van der Waals surface area contributed by atoms with Crippen molar-refractivity contribution in [1.82, 2.24) is 0 Å². The topological polar surface area (TPSA) is 236 Å². The zero-order valence-corrected chi connectivity index (χ0v) is 29.9. The van der Waals surface area contributed by atoms with Crippen molar-refractivity contribution in [2.24, 2.45) is 5.92 Å². The van der Waals surface area contributed by atoms with Gasteiger partial charge in [0, 0.05) is 11.3 Å². The molecule has 1 amide bonds. The monoisotopic (exact) mass is 789 g/mol. The average molecular weight is 790 g/mol. The number of β-lactam (4-membered cyclic amide) rings is 1. The summed E-state index contributed by atoms with van der Waals surface area (Å²) in [6, 6.07) is 25.0. The maximum atomic E-state index is 13.9. The lowest BCUT2D eigenvalue weighted by Gasteiger charge is -2.48. The molecule has 2 saturated heterocycles. The first-order valence-electron chi connectivity index (χ1n) is 18.0. The quantitative estimate of drug-likeness (QED) is 0.0964. The smallest absolute Gasteiger partial charge is 0.335 e. The second-order valence-electron chi connectivity index (χ2n) is 14.0. The second kappa shape index (κ2) is 16.5. The first kappa shape index (κ1) is 39.6. The van der Waals surface area contributed by atoms with Gasteiger partial charge in [0.05, 0.1) is 18.1 Å². The van der Waals surface area contributed by atoms with E-state index in [1.165, 1.54) is 36.4 Å². The molecule has 11 atom stereocenters. The first-order valence-corrected chi connectivity index (χ1v) is 18.0. The van der Waals surface area contributed by atoms with E-state index in [0.717, 1.165) is 6.26 Å². The Hall–Kier alpha value is -5.59. The number of nitrogens with zero attached hydrogens (tertiary/aromatic N) is 1. The van der Waals surface area contributed by atoms with Crippen molar-refractivity contribution < 1.29 is 73.8 Å². The summed E-state index contributed by atoms with van der Waals surface area (Å²) in [5.41, 5.74) is 2.59. The number of hydrogen-bond acceptors (Lipinski definition) is 13. The Morgan fingerprint density at radius 1 is 0.807 bits per heavy atom. The maximum absolute atomic E-state index is 13.9. The van der Waals surface area contributed by atoms with Crippen molar-refractivity contribution in [3.8, 4) is 22.6 Å². The van der Waals surface area contributed by atoms with E-state index < -0.39 is 84.8 Å². The summed E-state index contributed by atoms with van der Waals surface area (Å²) >= 11 is 0. The number of carboxylic acid groups (broad SMARTS) is 1. The van der Waals surface area contributed by atoms with E-state index in [2.05, 4.69) is 0 Å². The molecule has 3 heterocycles. The molecule has 3 aliphatic rings. The standard InChI is InChI=1S/C41H40FNO14/c42-23-12-9-20(10-13-23)30(56-40-35(49)32(46)29(45)19-54-40)16-15-27-31(43(38(27)51)24-6-2-1-3-7-24)26-14-11-22(18-28(26)44)21-5-4-8-25(17-21)55-41-36(50)33(47)34(48)37(57-41)39(52)53/h1-14,17-19,27,30-37,40-41,44-50H,15-16H2,(H,52,53)/t27-,30+,31-,32?,33?,34+,35?,36?,37?,40+,41-/m1/s1. The number of carbonyl (C=O) groups excluding carboxylic acids is 1. The predicted octanol–water partition coefficient (Wildman–Crippen LogP) is 3.19. The number of halogens is 1. The normalized spacial score (nSPS) is 29.1. The minimum atomic E-state index is -1.88. The van der Waals surface area contributed by atoms with Crippen LogP contribution < -0.4 is 9.64 Å². The summed E-state index contributed by atoms with van der Waals surface area (Å²) in [5.74, 6) is -3.55. The van der Waals surface area contributed by atoms with Crippen LogP contribution >= 0.6 is 0 Å². The summed E-state index contributed by atoms with van der Waals surface area (Å²) in [5, 5.41) is 82.1. The van der Waals surface area contributed by atoms with Crippen LogP contribution in [0.3, 0.4) is 0 Å². The minimum Gasteiger partial charge on any atom is -0.508 e. The summed E-state index contributed by atoms with van der Waals surface area (Å²) < 4.78 is 36.2. The predicted molar refractivity (Wildman–Crippen MR) is 196 cm³/mol. The minimum absolute atomic E-state index is 0.124. The highest BCUT2D eigenvalue weighted by Gasteiger charge is 2.50. The van der Waals surface area contributed by atoms with E-state index in [1.54, 1.807) is 65.6 Å². The van der Waals surface area contributed by atoms with Gasteiger partial charge in [-0.15, -0.1) is 0 Å². The zero-order valence-electron chi connectivity index (χ0n) is 29.9. The maximum Gasteiger partial charge on any atom is 0.335 e. The van der Waals surface area contributed by atoms with E-state index >= 15 is 0 Å². The van der Waals surface area contributed by atoms with Gasteiger partial charge in [-0.25, -0.2) is 9.18 Å². The Labute approximate surface area is 324 Å². The van der Waals surface area contributed by atoms with Crippen LogP contribution in [0, 0.1) is 11.7 Å². The average Bonchev–Trinajstić information content (AvgIpc) is 3.20. The molecule has 2 fully saturated rings. The number of anilines is 1. The molecule has 57 heavy (non-hydrogen) atoms. The van der Waals surface area contributed by atoms with Crippen molar-refractivity contribution in [2.45, 2.75) is 74.2 Å². The Bertz CT molecular complexity index is 2100. The SMILES string of the molecule is O=C(O)C1O[C@@H](Oc2cccc(-c3ccc([C@@H]4[C@@H](CC[C@H](O[C@@H]5OC=C(O)C(O)C5O)c5ccc(F)cc5)C(=O)N4c4ccccc4)c(O)c3)c2)C(O)C(O)[C@@H]1O. The molecule has 4 aromatic carbocycles. The van der Waals surface area contributed by atoms with Crippen molar-refractivity contribution >= 4 is 17.6 Å². The van der Waals surface area contributed by atoms with Crippen LogP contribution in [0.1, 0.15) is 36.1 Å². The number of benzene rings is 4. The van der Waals surface area contributed by atoms with Gasteiger partial charge in [-0.1, -0.05) is 54.6 Å². The Morgan fingerprint density at radius 2 is 1.53 bits per heavy atom. The van der Waals surface area contributed by atoms with Gasteiger partial charge in [0.1, 0.15) is 54.1 Å². The molecule has 4 aromatic rings. The molecule has 0 bridgehead atoms. The van der Waals surface area contributed by atoms with E-state index in [9.17, 15) is 54.8 Å². The Morgan fingerprint density at radius 3 is 2.23 bits per heavy atom. The van der Waals surface area contributed by atoms with Gasteiger partial charge in [-0.2, -0.15) is 0 Å². The van der Waals surface area contributed by atoms with Crippen molar-refractivity contribution in [1.29, 1.82) is 0 Å². The lowest BCUT2D eigenvalue weighted by atomic mass is 9.77. The fraction of sp³-hybridized carbons (Fsp3) is 0.317. The number of phenols is 1. The lowest BCUT2D eigenvalue weighted by Crippen LogP contribution is -2.61. The summed E-state index contributed by atoms with van der Waals surface area (Å²) in [6.45, 7) is 0. The number of hydrogen-bond donors (Lipinski definition) is 8. The van der Waals surface area contributed by atoms with Crippen LogP contribution in [0.25, 0.3) is 11.1 Å². The van der Waals surface area contributed by atoms with Gasteiger partial charge in [0.15, 0.2) is 11.9 Å². The molecular weight excluding hydrogens is 749 g/mol. The van der Waals surface area contributed by atoms with E-state index in [4.69, 9.17) is 18.9 Å². The van der Waals surface area contributed by atoms with Gasteiger partial charge in [0.2, 0.25) is 18.5 Å². The van der Waals surface area contributed by atoms with Crippen LogP contribution in [0.5, 0.6) is 11.5 Å². The number of carboxylic acids is 1. The second-order valence-corrected chi connectivity index (χ2v) is 14.0. The molecule has 5 unspecified atom stereocenters. The third-order valence-corrected chi connectivity index (χ3v) is 10.3. The van der Waals surface area contributed by atoms with Crippen molar-refractivity contribution in [3.05, 3.63) is 126 Å². The number of phenolic OH excluding ortho intramolecular Hbond substituents is 1. The van der Waals surface area contributed by atoms with Crippen LogP contribution in [0.15, 0.2) is 109 Å². The molecule has 0 saturated carbocycles. The van der Waals surface area contributed by atoms with Crippen LogP contribution in [0.2, 0.25) is 0 Å². The van der Waals surface area contributed by atoms with E-state index in [0.29, 0.717) is 27.9 Å². The molecule has 300 valence electrons. The Balaban J connectivity index is 1.13. The molecule has 0 aliphatic carbocycles. The molecule has 8 N–H and O–H groups in total. The molecule has 3 aliphatic heterocycles. The van der Waals surface area contributed by atoms with Crippen LogP contribution in [-0.4, -0.2) is 102 Å². The molecule has 0 aromatic heterocycles. The number of aliphatic carboxylic acids is 1. The van der Waals surface area contributed by atoms with Crippen molar-refractivity contribution in [2.75, 3.05) is 4.90 Å². The van der Waals surface area contributed by atoms with Gasteiger partial charge in [0.25, 0.3) is 0 Å². The third kappa shape index (κ3) is 8.01. The van der Waals surface area contributed by atoms with Crippen LogP contribution in [0.4, 0.5) is 10.1 Å². The summed E-state index contributed by atoms with van der Waals surface area (Å²) in [4.78, 5) is 27.0. The van der Waals surface area contributed by atoms with Gasteiger partial charge >= 0.3 is 5.97 Å². The number of aromatic hydroxyl groups is 1. The van der Waals surface area contributed by atoms with Gasteiger partial charge in [-0.05, 0) is 72.0 Å². The van der Waals surface area contributed by atoms with E-state index in [-0.39, 0.29) is 30.2 Å². The highest BCUT2D eigenvalue weighted by Crippen LogP contribution is 2.49. The molecule has 0 radical (unpaired) electrons. The number of ether oxygens (including phenoxy) is 4.